The number of benzene rings is 1. The number of anilines is 1. The van der Waals surface area contributed by atoms with Crippen molar-refractivity contribution in [1.82, 2.24) is 0 Å². The Morgan fingerprint density at radius 1 is 1.53 bits per heavy atom. The fourth-order valence-electron chi connectivity index (χ4n) is 0.974. The SMILES string of the molecule is Cc1cc(Br)c(NC(=O)C(C)Br)cc1Cl. The van der Waals surface area contributed by atoms with E-state index in [-0.39, 0.29) is 10.7 Å². The van der Waals surface area contributed by atoms with Gasteiger partial charge in [0.25, 0.3) is 0 Å². The molecule has 1 rings (SSSR count). The molecule has 1 aromatic carbocycles. The highest BCUT2D eigenvalue weighted by atomic mass is 79.9. The molecule has 82 valence electrons. The van der Waals surface area contributed by atoms with Gasteiger partial charge in [-0.1, -0.05) is 27.5 Å². The van der Waals surface area contributed by atoms with Gasteiger partial charge < -0.3 is 5.32 Å². The van der Waals surface area contributed by atoms with Crippen molar-refractivity contribution in [3.63, 3.8) is 0 Å². The lowest BCUT2D eigenvalue weighted by Crippen LogP contribution is -2.20. The predicted molar refractivity (Wildman–Crippen MR) is 70.9 cm³/mol. The zero-order valence-electron chi connectivity index (χ0n) is 8.27. The van der Waals surface area contributed by atoms with E-state index >= 15 is 0 Å². The van der Waals surface area contributed by atoms with E-state index in [0.29, 0.717) is 10.7 Å². The molecule has 0 saturated heterocycles. The van der Waals surface area contributed by atoms with Gasteiger partial charge in [0.15, 0.2) is 0 Å². The molecule has 0 aliphatic carbocycles. The van der Waals surface area contributed by atoms with Crippen LogP contribution >= 0.6 is 43.5 Å². The van der Waals surface area contributed by atoms with Crippen molar-refractivity contribution in [3.8, 4) is 0 Å². The average molecular weight is 355 g/mol. The molecule has 0 aromatic heterocycles. The number of carbonyl (C=O) groups is 1. The van der Waals surface area contributed by atoms with Crippen molar-refractivity contribution in [3.05, 3.63) is 27.2 Å². The van der Waals surface area contributed by atoms with E-state index in [0.717, 1.165) is 10.0 Å². The van der Waals surface area contributed by atoms with E-state index in [1.165, 1.54) is 0 Å². The van der Waals surface area contributed by atoms with Crippen molar-refractivity contribution < 1.29 is 4.79 Å². The number of amides is 1. The molecular formula is C10H10Br2ClNO. The molecule has 0 heterocycles. The van der Waals surface area contributed by atoms with Crippen LogP contribution in [0.15, 0.2) is 16.6 Å². The fraction of sp³-hybridized carbons (Fsp3) is 0.300. The highest BCUT2D eigenvalue weighted by Gasteiger charge is 2.11. The topological polar surface area (TPSA) is 29.1 Å². The van der Waals surface area contributed by atoms with E-state index in [2.05, 4.69) is 37.2 Å². The Kier molecular flexibility index (Phi) is 4.62. The summed E-state index contributed by atoms with van der Waals surface area (Å²) >= 11 is 12.5. The maximum atomic E-state index is 11.4. The first kappa shape index (κ1) is 13.0. The fourth-order valence-corrected chi connectivity index (χ4v) is 1.81. The monoisotopic (exact) mass is 353 g/mol. The van der Waals surface area contributed by atoms with Crippen LogP contribution in [0.3, 0.4) is 0 Å². The Balaban J connectivity index is 2.96. The number of carbonyl (C=O) groups excluding carboxylic acids is 1. The summed E-state index contributed by atoms with van der Waals surface area (Å²) in [4.78, 5) is 11.2. The summed E-state index contributed by atoms with van der Waals surface area (Å²) in [7, 11) is 0. The zero-order chi connectivity index (χ0) is 11.6. The van der Waals surface area contributed by atoms with Gasteiger partial charge >= 0.3 is 0 Å². The third kappa shape index (κ3) is 3.47. The third-order valence-electron chi connectivity index (χ3n) is 1.87. The molecule has 15 heavy (non-hydrogen) atoms. The highest BCUT2D eigenvalue weighted by Crippen LogP contribution is 2.29. The third-order valence-corrected chi connectivity index (χ3v) is 3.35. The largest absolute Gasteiger partial charge is 0.324 e. The number of rotatable bonds is 2. The minimum Gasteiger partial charge on any atom is -0.324 e. The first-order valence-corrected chi connectivity index (χ1v) is 6.41. The molecule has 1 unspecified atom stereocenters. The highest BCUT2D eigenvalue weighted by molar-refractivity contribution is 9.10. The molecule has 0 spiro atoms. The van der Waals surface area contributed by atoms with E-state index in [9.17, 15) is 4.79 Å². The maximum absolute atomic E-state index is 11.4. The van der Waals surface area contributed by atoms with Crippen molar-refractivity contribution in [2.75, 3.05) is 5.32 Å². The van der Waals surface area contributed by atoms with Crippen LogP contribution in [0, 0.1) is 6.92 Å². The normalized spacial score (nSPS) is 12.3. The lowest BCUT2D eigenvalue weighted by Gasteiger charge is -2.10. The van der Waals surface area contributed by atoms with Crippen LogP contribution in [-0.4, -0.2) is 10.7 Å². The minimum atomic E-state index is -0.232. The summed E-state index contributed by atoms with van der Waals surface area (Å²) < 4.78 is 0.825. The Bertz CT molecular complexity index is 393. The van der Waals surface area contributed by atoms with Gasteiger partial charge in [0.1, 0.15) is 0 Å². The summed E-state index contributed by atoms with van der Waals surface area (Å²) in [6, 6.07) is 3.60. The Labute approximate surface area is 111 Å². The summed E-state index contributed by atoms with van der Waals surface area (Å²) in [5, 5.41) is 3.40. The van der Waals surface area contributed by atoms with Gasteiger partial charge in [-0.2, -0.15) is 0 Å². The van der Waals surface area contributed by atoms with Crippen LogP contribution in [0.25, 0.3) is 0 Å². The van der Waals surface area contributed by atoms with Gasteiger partial charge in [-0.3, -0.25) is 4.79 Å². The number of halogens is 3. The molecular weight excluding hydrogens is 345 g/mol. The van der Waals surface area contributed by atoms with Gasteiger partial charge in [-0.25, -0.2) is 0 Å². The van der Waals surface area contributed by atoms with Gasteiger partial charge in [0.2, 0.25) is 5.91 Å². The number of hydrogen-bond donors (Lipinski definition) is 1. The van der Waals surface area contributed by atoms with Crippen molar-refractivity contribution >= 4 is 55.1 Å². The predicted octanol–water partition coefficient (Wildman–Crippen LogP) is 4.13. The maximum Gasteiger partial charge on any atom is 0.237 e. The van der Waals surface area contributed by atoms with E-state index < -0.39 is 0 Å². The molecule has 0 aliphatic heterocycles. The van der Waals surface area contributed by atoms with Crippen molar-refractivity contribution in [1.29, 1.82) is 0 Å². The second-order valence-electron chi connectivity index (χ2n) is 3.19. The van der Waals surface area contributed by atoms with Gasteiger partial charge in [-0.15, -0.1) is 0 Å². The minimum absolute atomic E-state index is 0.101. The summed E-state index contributed by atoms with van der Waals surface area (Å²) in [5.74, 6) is -0.101. The van der Waals surface area contributed by atoms with E-state index in [1.54, 1.807) is 13.0 Å². The zero-order valence-corrected chi connectivity index (χ0v) is 12.2. The molecule has 0 fully saturated rings. The van der Waals surface area contributed by atoms with Gasteiger partial charge in [0.05, 0.1) is 10.5 Å². The van der Waals surface area contributed by atoms with Gasteiger partial charge in [-0.05, 0) is 47.5 Å². The second-order valence-corrected chi connectivity index (χ2v) is 5.82. The Morgan fingerprint density at radius 2 is 2.13 bits per heavy atom. The smallest absolute Gasteiger partial charge is 0.237 e. The molecule has 5 heteroatoms. The van der Waals surface area contributed by atoms with Crippen molar-refractivity contribution in [2.24, 2.45) is 0 Å². The molecule has 0 aliphatic rings. The molecule has 1 aromatic rings. The molecule has 0 radical (unpaired) electrons. The summed E-state index contributed by atoms with van der Waals surface area (Å²) in [6.45, 7) is 3.67. The number of aryl methyl sites for hydroxylation is 1. The average Bonchev–Trinajstić information content (AvgIpc) is 2.13. The first-order valence-electron chi connectivity index (χ1n) is 4.32. The first-order chi connectivity index (χ1) is 6.91. The van der Waals surface area contributed by atoms with E-state index in [1.807, 2.05) is 13.0 Å². The van der Waals surface area contributed by atoms with Crippen LogP contribution in [0.2, 0.25) is 5.02 Å². The number of hydrogen-bond acceptors (Lipinski definition) is 1. The molecule has 2 nitrogen and oxygen atoms in total. The van der Waals surface area contributed by atoms with Crippen LogP contribution < -0.4 is 5.32 Å². The Hall–Kier alpha value is -0.0600. The molecule has 1 atom stereocenters. The Morgan fingerprint density at radius 3 is 2.67 bits per heavy atom. The molecule has 0 bridgehead atoms. The number of alkyl halides is 1. The standard InChI is InChI=1S/C10H10Br2ClNO/c1-5-3-7(12)9(4-8(5)13)14-10(15)6(2)11/h3-4,6H,1-2H3,(H,14,15). The van der Waals surface area contributed by atoms with E-state index in [4.69, 9.17) is 11.6 Å². The summed E-state index contributed by atoms with van der Waals surface area (Å²) in [5.41, 5.74) is 1.65. The van der Waals surface area contributed by atoms with Crippen LogP contribution in [0.4, 0.5) is 5.69 Å². The molecule has 1 amide bonds. The van der Waals surface area contributed by atoms with Gasteiger partial charge in [0, 0.05) is 9.50 Å². The quantitative estimate of drug-likeness (QED) is 0.794. The molecule has 1 N–H and O–H groups in total. The van der Waals surface area contributed by atoms with Crippen LogP contribution in [0.1, 0.15) is 12.5 Å². The van der Waals surface area contributed by atoms with Crippen molar-refractivity contribution in [2.45, 2.75) is 18.7 Å². The van der Waals surface area contributed by atoms with Crippen LogP contribution in [-0.2, 0) is 4.79 Å². The van der Waals surface area contributed by atoms with Crippen LogP contribution in [0.5, 0.6) is 0 Å². The lowest BCUT2D eigenvalue weighted by atomic mass is 10.2. The number of nitrogens with one attached hydrogen (secondary N) is 1. The summed E-state index contributed by atoms with van der Waals surface area (Å²) in [6.07, 6.45) is 0. The lowest BCUT2D eigenvalue weighted by molar-refractivity contribution is -0.115. The second kappa shape index (κ2) is 5.32. The molecule has 0 saturated carbocycles.